The van der Waals surface area contributed by atoms with Crippen LogP contribution in [-0.2, 0) is 23.9 Å². The Kier molecular flexibility index (Phi) is 13.5. The second kappa shape index (κ2) is 16.5. The lowest BCUT2D eigenvalue weighted by Crippen LogP contribution is -2.48. The molecule has 0 fully saturated rings. The van der Waals surface area contributed by atoms with Crippen LogP contribution in [0, 0.1) is 0 Å². The number of carbonyl (C=O) groups is 4. The number of hydrogen-bond donors (Lipinski definition) is 4. The first-order chi connectivity index (χ1) is 20.1. The van der Waals surface area contributed by atoms with Gasteiger partial charge in [-0.05, 0) is 91.5 Å². The van der Waals surface area contributed by atoms with Gasteiger partial charge in [-0.3, -0.25) is 24.9 Å². The van der Waals surface area contributed by atoms with Crippen LogP contribution in [0.2, 0.25) is 0 Å². The smallest absolute Gasteiger partial charge is 0.329 e. The quantitative estimate of drug-likeness (QED) is 0.174. The Morgan fingerprint density at radius 3 is 1.88 bits per heavy atom. The molecule has 43 heavy (non-hydrogen) atoms. The molecule has 0 radical (unpaired) electrons. The number of amides is 2. The second-order valence-electron chi connectivity index (χ2n) is 12.1. The van der Waals surface area contributed by atoms with Gasteiger partial charge in [0.2, 0.25) is 0 Å². The molecule has 2 amide bonds. The van der Waals surface area contributed by atoms with Crippen molar-refractivity contribution in [1.29, 1.82) is 0 Å². The minimum Gasteiger partial charge on any atom is -0.480 e. The molecule has 2 unspecified atom stereocenters. The summed E-state index contributed by atoms with van der Waals surface area (Å²) in [6, 6.07) is 7.80. The molecular formula is C31H45N5O7. The van der Waals surface area contributed by atoms with Crippen LogP contribution >= 0.6 is 0 Å². The van der Waals surface area contributed by atoms with E-state index < -0.39 is 53.3 Å². The van der Waals surface area contributed by atoms with Crippen LogP contribution in [-0.4, -0.2) is 68.8 Å². The van der Waals surface area contributed by atoms with Gasteiger partial charge in [-0.15, -0.1) is 0 Å². The first kappa shape index (κ1) is 35.1. The summed E-state index contributed by atoms with van der Waals surface area (Å²) in [5.41, 5.74) is -0.148. The van der Waals surface area contributed by atoms with Crippen molar-refractivity contribution in [3.8, 4) is 0 Å². The normalized spacial score (nSPS) is 13.1. The average molecular weight is 600 g/mol. The van der Waals surface area contributed by atoms with Crippen LogP contribution in [0.15, 0.2) is 48.8 Å². The van der Waals surface area contributed by atoms with Crippen LogP contribution in [0.5, 0.6) is 0 Å². The highest BCUT2D eigenvalue weighted by Gasteiger charge is 2.29. The van der Waals surface area contributed by atoms with Crippen molar-refractivity contribution >= 4 is 23.9 Å². The lowest BCUT2D eigenvalue weighted by molar-refractivity contribution is -0.158. The molecule has 0 aliphatic heterocycles. The molecule has 12 heteroatoms. The van der Waals surface area contributed by atoms with Crippen molar-refractivity contribution in [3.63, 3.8) is 0 Å². The number of aliphatic carboxylic acids is 1. The van der Waals surface area contributed by atoms with Crippen molar-refractivity contribution in [1.82, 2.24) is 25.9 Å². The van der Waals surface area contributed by atoms with Gasteiger partial charge < -0.3 is 25.2 Å². The predicted octanol–water partition coefficient (Wildman–Crippen LogP) is 3.91. The molecular weight excluding hydrogens is 554 g/mol. The lowest BCUT2D eigenvalue weighted by atomic mass is 10.0. The molecule has 0 aliphatic carbocycles. The van der Waals surface area contributed by atoms with Gasteiger partial charge in [-0.1, -0.05) is 12.1 Å². The van der Waals surface area contributed by atoms with E-state index in [9.17, 15) is 24.3 Å². The fourth-order valence-corrected chi connectivity index (χ4v) is 4.06. The van der Waals surface area contributed by atoms with E-state index in [1.807, 2.05) is 24.3 Å². The predicted molar refractivity (Wildman–Crippen MR) is 160 cm³/mol. The molecule has 0 saturated heterocycles. The summed E-state index contributed by atoms with van der Waals surface area (Å²) in [6.07, 6.45) is 4.50. The van der Waals surface area contributed by atoms with Crippen molar-refractivity contribution in [2.75, 3.05) is 6.54 Å². The van der Waals surface area contributed by atoms with Gasteiger partial charge in [-0.25, -0.2) is 9.59 Å². The monoisotopic (exact) mass is 599 g/mol. The van der Waals surface area contributed by atoms with E-state index in [1.165, 1.54) is 0 Å². The molecule has 2 atom stereocenters. The number of urea groups is 1. The van der Waals surface area contributed by atoms with Gasteiger partial charge >= 0.3 is 23.9 Å². The van der Waals surface area contributed by atoms with Crippen LogP contribution in [0.3, 0.4) is 0 Å². The Bertz CT molecular complexity index is 1140. The number of hydrogen-bond acceptors (Lipinski definition) is 9. The Morgan fingerprint density at radius 2 is 1.40 bits per heavy atom. The van der Waals surface area contributed by atoms with Crippen LogP contribution < -0.4 is 16.0 Å². The molecule has 2 aromatic heterocycles. The maximum Gasteiger partial charge on any atom is 0.329 e. The standard InChI is InChI=1S/C31H45N5O7/c1-30(2,3)42-25(37)17-16-24(28(40)43-31(4,5)6)36-29(41)34-20-12-9-15-23(27(38)39)35-26(21-13-7-10-18-32-21)22-14-8-11-19-33-22/h7-8,10-11,13-14,18-19,23-24,26,35H,9,12,15-17,20H2,1-6H3,(H,38,39)(H2,34,36,41). The van der Waals surface area contributed by atoms with Crippen molar-refractivity contribution in [3.05, 3.63) is 60.2 Å². The highest BCUT2D eigenvalue weighted by molar-refractivity contribution is 5.84. The second-order valence-corrected chi connectivity index (χ2v) is 12.1. The summed E-state index contributed by atoms with van der Waals surface area (Å²) in [7, 11) is 0. The van der Waals surface area contributed by atoms with Gasteiger partial charge in [0, 0.05) is 25.4 Å². The number of carboxylic acids is 1. The summed E-state index contributed by atoms with van der Waals surface area (Å²) in [5.74, 6) is -2.15. The van der Waals surface area contributed by atoms with Gasteiger partial charge in [0.25, 0.3) is 0 Å². The van der Waals surface area contributed by atoms with Crippen molar-refractivity contribution < 1.29 is 33.8 Å². The maximum atomic E-state index is 12.7. The van der Waals surface area contributed by atoms with E-state index in [0.717, 1.165) is 0 Å². The third-order valence-electron chi connectivity index (χ3n) is 5.89. The molecule has 236 valence electrons. The number of carboxylic acid groups (broad SMARTS) is 1. The number of unbranched alkanes of at least 4 members (excludes halogenated alkanes) is 1. The lowest BCUT2D eigenvalue weighted by Gasteiger charge is -2.25. The Morgan fingerprint density at radius 1 is 0.814 bits per heavy atom. The van der Waals surface area contributed by atoms with Gasteiger partial charge in [0.15, 0.2) is 0 Å². The minimum absolute atomic E-state index is 0.0108. The number of carbonyl (C=O) groups excluding carboxylic acids is 3. The molecule has 4 N–H and O–H groups in total. The zero-order valence-corrected chi connectivity index (χ0v) is 25.9. The van der Waals surface area contributed by atoms with E-state index in [-0.39, 0.29) is 19.4 Å². The molecule has 2 aromatic rings. The van der Waals surface area contributed by atoms with E-state index in [2.05, 4.69) is 25.9 Å². The molecule has 0 aliphatic rings. The highest BCUT2D eigenvalue weighted by atomic mass is 16.6. The largest absolute Gasteiger partial charge is 0.480 e. The molecule has 12 nitrogen and oxygen atoms in total. The van der Waals surface area contributed by atoms with E-state index in [4.69, 9.17) is 9.47 Å². The van der Waals surface area contributed by atoms with E-state index in [1.54, 1.807) is 66.1 Å². The zero-order chi connectivity index (χ0) is 32.0. The highest BCUT2D eigenvalue weighted by Crippen LogP contribution is 2.20. The number of rotatable bonds is 15. The minimum atomic E-state index is -1.05. The van der Waals surface area contributed by atoms with Crippen LogP contribution in [0.25, 0.3) is 0 Å². The van der Waals surface area contributed by atoms with Crippen LogP contribution in [0.1, 0.15) is 91.1 Å². The molecule has 2 rings (SSSR count). The first-order valence-electron chi connectivity index (χ1n) is 14.4. The Labute approximate surface area is 253 Å². The van der Waals surface area contributed by atoms with E-state index in [0.29, 0.717) is 30.7 Å². The Balaban J connectivity index is 1.90. The summed E-state index contributed by atoms with van der Waals surface area (Å²) < 4.78 is 10.7. The number of nitrogens with one attached hydrogen (secondary N) is 3. The SMILES string of the molecule is CC(C)(C)OC(=O)CCC(NC(=O)NCCCCC(NC(c1ccccn1)c1ccccn1)C(=O)O)C(=O)OC(C)(C)C. The molecule has 0 spiro atoms. The van der Waals surface area contributed by atoms with Crippen molar-refractivity contribution in [2.45, 2.75) is 103 Å². The molecule has 2 heterocycles. The summed E-state index contributed by atoms with van der Waals surface area (Å²) in [5, 5.41) is 18.3. The van der Waals surface area contributed by atoms with Crippen LogP contribution in [0.4, 0.5) is 4.79 Å². The first-order valence-corrected chi connectivity index (χ1v) is 14.4. The summed E-state index contributed by atoms with van der Waals surface area (Å²) in [6.45, 7) is 10.6. The van der Waals surface area contributed by atoms with Gasteiger partial charge in [-0.2, -0.15) is 0 Å². The van der Waals surface area contributed by atoms with Crippen molar-refractivity contribution in [2.24, 2.45) is 0 Å². The molecule has 0 saturated carbocycles. The van der Waals surface area contributed by atoms with Gasteiger partial charge in [0.05, 0.1) is 17.4 Å². The number of ether oxygens (including phenoxy) is 2. The maximum absolute atomic E-state index is 12.7. The number of nitrogens with zero attached hydrogens (tertiary/aromatic N) is 2. The summed E-state index contributed by atoms with van der Waals surface area (Å²) >= 11 is 0. The number of aromatic nitrogens is 2. The summed E-state index contributed by atoms with van der Waals surface area (Å²) in [4.78, 5) is 58.3. The van der Waals surface area contributed by atoms with E-state index >= 15 is 0 Å². The number of esters is 2. The topological polar surface area (TPSA) is 169 Å². The fourth-order valence-electron chi connectivity index (χ4n) is 4.06. The third-order valence-corrected chi connectivity index (χ3v) is 5.89. The van der Waals surface area contributed by atoms with Gasteiger partial charge in [0.1, 0.15) is 23.3 Å². The fraction of sp³-hybridized carbons (Fsp3) is 0.548. The molecule has 0 bridgehead atoms. The average Bonchev–Trinajstić information content (AvgIpc) is 2.91. The zero-order valence-electron chi connectivity index (χ0n) is 25.9. The third kappa shape index (κ3) is 14.1. The number of pyridine rings is 2. The molecule has 0 aromatic carbocycles. The Hall–Kier alpha value is -4.06.